The number of halogens is 2. The fourth-order valence-electron chi connectivity index (χ4n) is 2.59. The number of sulfonamides is 1. The Hall–Kier alpha value is -2.90. The number of thioether (sulfide) groups is 1. The average Bonchev–Trinajstić information content (AvgIpc) is 2.75. The van der Waals surface area contributed by atoms with Crippen LogP contribution in [0, 0.1) is 18.2 Å². The molecule has 32 heavy (non-hydrogen) atoms. The first-order valence-corrected chi connectivity index (χ1v) is 12.5. The summed E-state index contributed by atoms with van der Waals surface area (Å²) < 4.78 is 52.1. The Morgan fingerprint density at radius 3 is 2.72 bits per heavy atom. The lowest BCUT2D eigenvalue weighted by Crippen LogP contribution is -2.20. The number of hydrogen-bond acceptors (Lipinski definition) is 5. The molecule has 0 aliphatic carbocycles. The second kappa shape index (κ2) is 11.6. The highest BCUT2D eigenvalue weighted by atomic mass is 32.2. The number of aromatic nitrogens is 1. The summed E-state index contributed by atoms with van der Waals surface area (Å²) in [7, 11) is -3.71. The van der Waals surface area contributed by atoms with Gasteiger partial charge in [-0.3, -0.25) is 9.52 Å². The van der Waals surface area contributed by atoms with Gasteiger partial charge in [0.1, 0.15) is 17.5 Å². The molecule has 1 amide bonds. The molecule has 0 saturated heterocycles. The zero-order valence-corrected chi connectivity index (χ0v) is 19.2. The van der Waals surface area contributed by atoms with E-state index in [9.17, 15) is 22.0 Å². The third-order valence-corrected chi connectivity index (χ3v) is 5.79. The second-order valence-electron chi connectivity index (χ2n) is 6.75. The Kier molecular flexibility index (Phi) is 9.23. The number of alkyl halides is 1. The molecule has 0 radical (unpaired) electrons. The molecule has 0 aliphatic heterocycles. The number of anilines is 1. The van der Waals surface area contributed by atoms with Crippen LogP contribution in [-0.4, -0.2) is 31.3 Å². The van der Waals surface area contributed by atoms with Gasteiger partial charge in [-0.15, -0.1) is 18.2 Å². The third-order valence-electron chi connectivity index (χ3n) is 4.00. The maximum Gasteiger partial charge on any atom is 0.244 e. The van der Waals surface area contributed by atoms with E-state index >= 15 is 0 Å². The number of amides is 1. The van der Waals surface area contributed by atoms with Crippen LogP contribution in [0.15, 0.2) is 35.4 Å². The van der Waals surface area contributed by atoms with Gasteiger partial charge in [0.25, 0.3) is 0 Å². The highest BCUT2D eigenvalue weighted by Crippen LogP contribution is 2.24. The molecule has 0 spiro atoms. The first-order chi connectivity index (χ1) is 15.2. The van der Waals surface area contributed by atoms with Gasteiger partial charge in [0.05, 0.1) is 23.2 Å². The van der Waals surface area contributed by atoms with E-state index in [4.69, 9.17) is 6.42 Å². The van der Waals surface area contributed by atoms with Crippen LogP contribution in [0.25, 0.3) is 6.08 Å². The smallest absolute Gasteiger partial charge is 0.244 e. The molecule has 0 unspecified atom stereocenters. The predicted octanol–water partition coefficient (Wildman–Crippen LogP) is 3.87. The third kappa shape index (κ3) is 7.66. The Balaban J connectivity index is 2.11. The first-order valence-electron chi connectivity index (χ1n) is 9.58. The highest BCUT2D eigenvalue weighted by molar-refractivity contribution is 7.99. The van der Waals surface area contributed by atoms with Gasteiger partial charge in [0.2, 0.25) is 15.9 Å². The highest BCUT2D eigenvalue weighted by Gasteiger charge is 2.14. The van der Waals surface area contributed by atoms with Crippen LogP contribution in [0.2, 0.25) is 0 Å². The predicted molar refractivity (Wildman–Crippen MR) is 124 cm³/mol. The number of hydrogen-bond donors (Lipinski definition) is 2. The molecule has 0 atom stereocenters. The van der Waals surface area contributed by atoms with Gasteiger partial charge in [0.15, 0.2) is 0 Å². The minimum absolute atomic E-state index is 0.0202. The van der Waals surface area contributed by atoms with Crippen molar-refractivity contribution in [2.24, 2.45) is 0 Å². The number of carbonyl (C=O) groups is 1. The summed E-state index contributed by atoms with van der Waals surface area (Å²) in [6.45, 7) is 1.33. The van der Waals surface area contributed by atoms with Gasteiger partial charge >= 0.3 is 0 Å². The number of pyridine rings is 1. The Labute approximate surface area is 191 Å². The van der Waals surface area contributed by atoms with Gasteiger partial charge in [0, 0.05) is 18.2 Å². The van der Waals surface area contributed by atoms with Crippen LogP contribution in [0.3, 0.4) is 0 Å². The molecule has 0 aliphatic rings. The Morgan fingerprint density at radius 2 is 2.09 bits per heavy atom. The van der Waals surface area contributed by atoms with Gasteiger partial charge in [-0.1, -0.05) is 18.9 Å². The van der Waals surface area contributed by atoms with E-state index in [2.05, 4.69) is 20.9 Å². The van der Waals surface area contributed by atoms with Gasteiger partial charge < -0.3 is 5.32 Å². The van der Waals surface area contributed by atoms with Crippen molar-refractivity contribution < 1.29 is 22.0 Å². The summed E-state index contributed by atoms with van der Waals surface area (Å²) >= 11 is 1.48. The van der Waals surface area contributed by atoms with E-state index in [1.165, 1.54) is 23.9 Å². The summed E-state index contributed by atoms with van der Waals surface area (Å²) in [4.78, 5) is 16.5. The number of carbonyl (C=O) groups excluding carboxylic acids is 1. The molecule has 170 valence electrons. The quantitative estimate of drug-likeness (QED) is 0.307. The molecule has 1 aromatic carbocycles. The van der Waals surface area contributed by atoms with Gasteiger partial charge in [-0.05, 0) is 42.0 Å². The van der Waals surface area contributed by atoms with Crippen LogP contribution in [0.4, 0.5) is 14.5 Å². The van der Waals surface area contributed by atoms with E-state index in [-0.39, 0.29) is 17.8 Å². The van der Waals surface area contributed by atoms with Crippen molar-refractivity contribution >= 4 is 39.5 Å². The summed E-state index contributed by atoms with van der Waals surface area (Å²) in [6, 6.07) is 5.77. The summed E-state index contributed by atoms with van der Waals surface area (Å²) in [6.07, 6.45) is 10.1. The fraction of sp³-hybridized carbons (Fsp3) is 0.273. The standard InChI is InChI=1S/C22H23F2N3O3S2/c1-4-10-31-22-17(6-8-18(13-23)26-22)7-9-20(28)25-14-15-11-16(5-2)21(19(24)12-15)27-32(3,29)30/h2,6-9,11-12,27H,4,10,13-14H2,1,3H3,(H,25,28)/b9-7+. The van der Waals surface area contributed by atoms with Crippen LogP contribution in [-0.2, 0) is 28.0 Å². The fourth-order valence-corrected chi connectivity index (χ4v) is 4.05. The number of benzene rings is 1. The molecule has 6 nitrogen and oxygen atoms in total. The molecule has 2 aromatic rings. The molecular formula is C22H23F2N3O3S2. The second-order valence-corrected chi connectivity index (χ2v) is 9.58. The minimum Gasteiger partial charge on any atom is -0.348 e. The lowest BCUT2D eigenvalue weighted by Gasteiger charge is -2.11. The SMILES string of the molecule is C#Cc1cc(CNC(=O)/C=C/c2ccc(CF)nc2SCCC)cc(F)c1NS(C)(=O)=O. The average molecular weight is 480 g/mol. The number of nitrogens with one attached hydrogen (secondary N) is 2. The molecule has 2 N–H and O–H groups in total. The van der Waals surface area contributed by atoms with Gasteiger partial charge in [-0.25, -0.2) is 22.2 Å². The zero-order valence-electron chi connectivity index (χ0n) is 17.6. The van der Waals surface area contributed by atoms with Crippen molar-refractivity contribution in [3.8, 4) is 12.3 Å². The molecular weight excluding hydrogens is 456 g/mol. The van der Waals surface area contributed by atoms with Crippen LogP contribution in [0.1, 0.15) is 35.7 Å². The lowest BCUT2D eigenvalue weighted by molar-refractivity contribution is -0.116. The van der Waals surface area contributed by atoms with Gasteiger partial charge in [-0.2, -0.15) is 0 Å². The van der Waals surface area contributed by atoms with Crippen molar-refractivity contribution in [1.82, 2.24) is 10.3 Å². The summed E-state index contributed by atoms with van der Waals surface area (Å²) in [5.74, 6) is 1.76. The summed E-state index contributed by atoms with van der Waals surface area (Å²) in [5.41, 5.74) is 1.08. The molecule has 0 saturated carbocycles. The van der Waals surface area contributed by atoms with Crippen LogP contribution in [0.5, 0.6) is 0 Å². The van der Waals surface area contributed by atoms with E-state index < -0.39 is 28.4 Å². The Bertz CT molecular complexity index is 1160. The van der Waals surface area contributed by atoms with E-state index in [1.54, 1.807) is 18.2 Å². The molecule has 0 bridgehead atoms. The molecule has 1 heterocycles. The van der Waals surface area contributed by atoms with Crippen molar-refractivity contribution in [2.45, 2.75) is 31.6 Å². The van der Waals surface area contributed by atoms with Crippen molar-refractivity contribution in [3.63, 3.8) is 0 Å². The normalized spacial score (nSPS) is 11.3. The molecule has 0 fully saturated rings. The van der Waals surface area contributed by atoms with Crippen molar-refractivity contribution in [2.75, 3.05) is 16.7 Å². The molecule has 1 aromatic heterocycles. The zero-order chi connectivity index (χ0) is 23.7. The monoisotopic (exact) mass is 479 g/mol. The molecule has 10 heteroatoms. The maximum atomic E-state index is 14.3. The maximum absolute atomic E-state index is 14.3. The van der Waals surface area contributed by atoms with Crippen molar-refractivity contribution in [3.05, 3.63) is 58.5 Å². The van der Waals surface area contributed by atoms with Crippen LogP contribution < -0.4 is 10.0 Å². The Morgan fingerprint density at radius 1 is 1.34 bits per heavy atom. The number of nitrogens with zero attached hydrogens (tertiary/aromatic N) is 1. The topological polar surface area (TPSA) is 88.2 Å². The number of terminal acetylenes is 1. The largest absolute Gasteiger partial charge is 0.348 e. The van der Waals surface area contributed by atoms with E-state index in [0.29, 0.717) is 21.8 Å². The molecule has 2 rings (SSSR count). The summed E-state index contributed by atoms with van der Waals surface area (Å²) in [5, 5.41) is 3.25. The van der Waals surface area contributed by atoms with Crippen molar-refractivity contribution in [1.29, 1.82) is 0 Å². The van der Waals surface area contributed by atoms with E-state index in [0.717, 1.165) is 24.5 Å². The number of rotatable bonds is 10. The van der Waals surface area contributed by atoms with E-state index in [1.807, 2.05) is 6.92 Å². The van der Waals surface area contributed by atoms with Crippen LogP contribution >= 0.6 is 11.8 Å². The first kappa shape index (κ1) is 25.4. The lowest BCUT2D eigenvalue weighted by atomic mass is 10.1. The minimum atomic E-state index is -3.71.